The van der Waals surface area contributed by atoms with Gasteiger partial charge < -0.3 is 0 Å². The van der Waals surface area contributed by atoms with Crippen LogP contribution in [0.15, 0.2) is 78.9 Å². The lowest BCUT2D eigenvalue weighted by Gasteiger charge is -2.06. The summed E-state index contributed by atoms with van der Waals surface area (Å²) in [5, 5.41) is 19.3. The van der Waals surface area contributed by atoms with E-state index >= 15 is 0 Å². The highest BCUT2D eigenvalue weighted by Crippen LogP contribution is 2.27. The molecule has 25 heavy (non-hydrogen) atoms. The number of hydrogen-bond donors (Lipinski definition) is 1. The summed E-state index contributed by atoms with van der Waals surface area (Å²) in [7, 11) is 0. The van der Waals surface area contributed by atoms with Gasteiger partial charge in [-0.3, -0.25) is 0 Å². The Hall–Kier alpha value is -3.71. The maximum Gasteiger partial charge on any atom is 0.163 e. The fourth-order valence-corrected chi connectivity index (χ4v) is 2.81. The molecule has 0 bridgehead atoms. The summed E-state index contributed by atoms with van der Waals surface area (Å²) in [6.45, 7) is 0. The van der Waals surface area contributed by atoms with Crippen molar-refractivity contribution in [1.82, 2.24) is 15.4 Å². The summed E-state index contributed by atoms with van der Waals surface area (Å²) in [5.41, 5.74) is 6.49. The SMILES string of the molecule is N#Cc1[nH]nnc1-c1ccc(-c2ccc(-c3ccccc3)cc2)cc1. The number of benzene rings is 3. The molecule has 0 aliphatic carbocycles. The van der Waals surface area contributed by atoms with E-state index < -0.39 is 0 Å². The van der Waals surface area contributed by atoms with E-state index in [4.69, 9.17) is 5.26 Å². The van der Waals surface area contributed by atoms with E-state index in [9.17, 15) is 0 Å². The largest absolute Gasteiger partial charge is 0.247 e. The molecule has 0 radical (unpaired) electrons. The molecule has 3 aromatic carbocycles. The summed E-state index contributed by atoms with van der Waals surface area (Å²) >= 11 is 0. The van der Waals surface area contributed by atoms with Crippen LogP contribution < -0.4 is 0 Å². The van der Waals surface area contributed by atoms with E-state index in [-0.39, 0.29) is 0 Å². The molecule has 1 N–H and O–H groups in total. The van der Waals surface area contributed by atoms with Crippen LogP contribution in [0.2, 0.25) is 0 Å². The zero-order valence-electron chi connectivity index (χ0n) is 13.3. The summed E-state index contributed by atoms with van der Waals surface area (Å²) in [6, 6.07) is 28.9. The molecule has 0 saturated heterocycles. The summed E-state index contributed by atoms with van der Waals surface area (Å²) in [5.74, 6) is 0. The normalized spacial score (nSPS) is 10.4. The fraction of sp³-hybridized carbons (Fsp3) is 0. The first-order valence-electron chi connectivity index (χ1n) is 7.92. The zero-order chi connectivity index (χ0) is 17.1. The molecule has 0 unspecified atom stereocenters. The van der Waals surface area contributed by atoms with Crippen molar-refractivity contribution in [1.29, 1.82) is 5.26 Å². The lowest BCUT2D eigenvalue weighted by Crippen LogP contribution is -1.84. The number of nitrogens with one attached hydrogen (secondary N) is 1. The van der Waals surface area contributed by atoms with Gasteiger partial charge in [-0.15, -0.1) is 5.10 Å². The molecule has 118 valence electrons. The van der Waals surface area contributed by atoms with Crippen molar-refractivity contribution in [2.24, 2.45) is 0 Å². The number of rotatable bonds is 3. The molecular weight excluding hydrogens is 308 g/mol. The van der Waals surface area contributed by atoms with Gasteiger partial charge in [-0.2, -0.15) is 5.26 Å². The second-order valence-electron chi connectivity index (χ2n) is 5.67. The third-order valence-corrected chi connectivity index (χ3v) is 4.14. The minimum atomic E-state index is 0.375. The second kappa shape index (κ2) is 6.42. The van der Waals surface area contributed by atoms with Crippen molar-refractivity contribution in [3.8, 4) is 39.6 Å². The van der Waals surface area contributed by atoms with E-state index in [1.165, 1.54) is 11.1 Å². The molecule has 0 spiro atoms. The fourth-order valence-electron chi connectivity index (χ4n) is 2.81. The average Bonchev–Trinajstić information content (AvgIpc) is 3.18. The maximum atomic E-state index is 9.06. The van der Waals surface area contributed by atoms with Gasteiger partial charge in [-0.25, -0.2) is 5.10 Å². The molecule has 0 fully saturated rings. The molecule has 0 amide bonds. The molecule has 0 aliphatic heterocycles. The van der Waals surface area contributed by atoms with Crippen molar-refractivity contribution in [2.45, 2.75) is 0 Å². The van der Waals surface area contributed by atoms with Crippen LogP contribution in [0.3, 0.4) is 0 Å². The number of aromatic amines is 1. The van der Waals surface area contributed by atoms with E-state index in [0.29, 0.717) is 11.4 Å². The van der Waals surface area contributed by atoms with E-state index in [2.05, 4.69) is 57.9 Å². The number of H-pyrrole nitrogens is 1. The Morgan fingerprint density at radius 2 is 1.12 bits per heavy atom. The van der Waals surface area contributed by atoms with E-state index in [1.54, 1.807) is 0 Å². The van der Waals surface area contributed by atoms with Crippen LogP contribution in [0.5, 0.6) is 0 Å². The molecule has 4 rings (SSSR count). The van der Waals surface area contributed by atoms with Crippen LogP contribution in [-0.4, -0.2) is 15.4 Å². The lowest BCUT2D eigenvalue weighted by molar-refractivity contribution is 0.937. The average molecular weight is 322 g/mol. The molecule has 0 saturated carbocycles. The van der Waals surface area contributed by atoms with Crippen LogP contribution in [0.4, 0.5) is 0 Å². The number of aromatic nitrogens is 3. The van der Waals surface area contributed by atoms with Gasteiger partial charge in [0.15, 0.2) is 5.69 Å². The topological polar surface area (TPSA) is 65.4 Å². The molecule has 4 heteroatoms. The Labute approximate surface area is 145 Å². The highest BCUT2D eigenvalue weighted by Gasteiger charge is 2.09. The maximum absolute atomic E-state index is 9.06. The molecule has 4 nitrogen and oxygen atoms in total. The van der Waals surface area contributed by atoms with Crippen molar-refractivity contribution in [3.05, 3.63) is 84.6 Å². The van der Waals surface area contributed by atoms with Gasteiger partial charge in [0.1, 0.15) is 11.8 Å². The van der Waals surface area contributed by atoms with Gasteiger partial charge in [0.25, 0.3) is 0 Å². The molecule has 1 aromatic heterocycles. The van der Waals surface area contributed by atoms with E-state index in [1.807, 2.05) is 42.5 Å². The third kappa shape index (κ3) is 2.91. The van der Waals surface area contributed by atoms with Crippen LogP contribution in [-0.2, 0) is 0 Å². The van der Waals surface area contributed by atoms with Gasteiger partial charge in [0, 0.05) is 5.56 Å². The summed E-state index contributed by atoms with van der Waals surface area (Å²) < 4.78 is 0. The summed E-state index contributed by atoms with van der Waals surface area (Å²) in [6.07, 6.45) is 0. The van der Waals surface area contributed by atoms with Crippen molar-refractivity contribution in [2.75, 3.05) is 0 Å². The minimum Gasteiger partial charge on any atom is -0.247 e. The Morgan fingerprint density at radius 3 is 1.64 bits per heavy atom. The molecule has 4 aromatic rings. The second-order valence-corrected chi connectivity index (χ2v) is 5.67. The minimum absolute atomic E-state index is 0.375. The van der Waals surface area contributed by atoms with Gasteiger partial charge >= 0.3 is 0 Å². The van der Waals surface area contributed by atoms with Gasteiger partial charge in [-0.05, 0) is 22.3 Å². The number of hydrogen-bond acceptors (Lipinski definition) is 3. The van der Waals surface area contributed by atoms with E-state index in [0.717, 1.165) is 16.7 Å². The summed E-state index contributed by atoms with van der Waals surface area (Å²) in [4.78, 5) is 0. The van der Waals surface area contributed by atoms with Crippen LogP contribution in [0.25, 0.3) is 33.5 Å². The predicted octanol–water partition coefficient (Wildman–Crippen LogP) is 4.68. The third-order valence-electron chi connectivity index (χ3n) is 4.14. The van der Waals surface area contributed by atoms with Crippen molar-refractivity contribution >= 4 is 0 Å². The molecular formula is C21H14N4. The van der Waals surface area contributed by atoms with Gasteiger partial charge in [0.05, 0.1) is 0 Å². The number of nitrogens with zero attached hydrogens (tertiary/aromatic N) is 3. The Bertz CT molecular complexity index is 1020. The molecule has 1 heterocycles. The first-order valence-corrected chi connectivity index (χ1v) is 7.92. The monoisotopic (exact) mass is 322 g/mol. The van der Waals surface area contributed by atoms with Crippen LogP contribution in [0.1, 0.15) is 5.69 Å². The lowest BCUT2D eigenvalue weighted by atomic mass is 9.99. The standard InChI is InChI=1S/C21H14N4/c22-14-20-21(24-25-23-20)19-12-10-18(11-13-19)17-8-6-16(7-9-17)15-4-2-1-3-5-15/h1-13H,(H,23,24,25). The van der Waals surface area contributed by atoms with Gasteiger partial charge in [-0.1, -0.05) is 84.1 Å². The quantitative estimate of drug-likeness (QED) is 0.595. The van der Waals surface area contributed by atoms with Gasteiger partial charge in [0.2, 0.25) is 0 Å². The van der Waals surface area contributed by atoms with Crippen LogP contribution >= 0.6 is 0 Å². The zero-order valence-corrected chi connectivity index (χ0v) is 13.3. The van der Waals surface area contributed by atoms with Crippen LogP contribution in [0, 0.1) is 11.3 Å². The van der Waals surface area contributed by atoms with Crippen molar-refractivity contribution < 1.29 is 0 Å². The Kier molecular flexibility index (Phi) is 3.82. The highest BCUT2D eigenvalue weighted by molar-refractivity contribution is 5.73. The first-order chi connectivity index (χ1) is 12.3. The Balaban J connectivity index is 1.61. The smallest absolute Gasteiger partial charge is 0.163 e. The molecule has 0 aliphatic rings. The van der Waals surface area contributed by atoms with Crippen molar-refractivity contribution in [3.63, 3.8) is 0 Å². The Morgan fingerprint density at radius 1 is 0.640 bits per heavy atom. The highest BCUT2D eigenvalue weighted by atomic mass is 15.3. The number of nitriles is 1. The molecule has 0 atom stereocenters. The first kappa shape index (κ1) is 14.9. The predicted molar refractivity (Wildman–Crippen MR) is 97.4 cm³/mol.